The van der Waals surface area contributed by atoms with Crippen molar-refractivity contribution in [2.24, 2.45) is 0 Å². The van der Waals surface area contributed by atoms with Crippen LogP contribution in [0.5, 0.6) is 0 Å². The molecular weight excluding hydrogens is 465 g/mol. The van der Waals surface area contributed by atoms with Gasteiger partial charge in [0.05, 0.1) is 17.2 Å². The average molecular weight is 496 g/mol. The maximum absolute atomic E-state index is 11.0. The van der Waals surface area contributed by atoms with Crippen molar-refractivity contribution in [1.29, 1.82) is 0 Å². The monoisotopic (exact) mass is 495 g/mol. The fourth-order valence-electron chi connectivity index (χ4n) is 4.78. The van der Waals surface area contributed by atoms with Crippen LogP contribution in [-0.4, -0.2) is 27.5 Å². The summed E-state index contributed by atoms with van der Waals surface area (Å²) in [6.45, 7) is 8.41. The van der Waals surface area contributed by atoms with Gasteiger partial charge in [0.1, 0.15) is 23.2 Å². The second kappa shape index (κ2) is 9.00. The van der Waals surface area contributed by atoms with E-state index in [0.717, 1.165) is 6.16 Å². The van der Waals surface area contributed by atoms with E-state index < -0.39 is 18.3 Å². The Balaban J connectivity index is 0.00000272. The first-order chi connectivity index (χ1) is 14.3. The lowest BCUT2D eigenvalue weighted by Crippen LogP contribution is -3.00. The van der Waals surface area contributed by atoms with Gasteiger partial charge in [-0.25, -0.2) is 0 Å². The lowest BCUT2D eigenvalue weighted by atomic mass is 9.98. The molecule has 1 N–H and O–H groups in total. The van der Waals surface area contributed by atoms with Crippen molar-refractivity contribution in [3.63, 3.8) is 0 Å². The van der Waals surface area contributed by atoms with E-state index in [1.807, 2.05) is 0 Å². The summed E-state index contributed by atoms with van der Waals surface area (Å²) in [5.41, 5.74) is 0.478. The maximum atomic E-state index is 11.0. The molecule has 0 aromatic heterocycles. The maximum Gasteiger partial charge on any atom is 0.116 e. The third-order valence-electron chi connectivity index (χ3n) is 6.39. The summed E-state index contributed by atoms with van der Waals surface area (Å²) in [7, 11) is -1.97. The van der Waals surface area contributed by atoms with E-state index >= 15 is 0 Å². The Morgan fingerprint density at radius 1 is 0.677 bits per heavy atom. The molecule has 162 valence electrons. The van der Waals surface area contributed by atoms with Crippen LogP contribution in [0.15, 0.2) is 103 Å². The van der Waals surface area contributed by atoms with Gasteiger partial charge in [0.2, 0.25) is 0 Å². The quantitative estimate of drug-likeness (QED) is 0.433. The Kier molecular flexibility index (Phi) is 6.93. The Morgan fingerprint density at radius 2 is 1.03 bits per heavy atom. The minimum Gasteiger partial charge on any atom is -1.00 e. The van der Waals surface area contributed by atoms with Gasteiger partial charge in [-0.15, -0.1) is 0 Å². The molecule has 2 nitrogen and oxygen atoms in total. The molecule has 0 spiro atoms. The van der Waals surface area contributed by atoms with Gasteiger partial charge in [-0.1, -0.05) is 60.7 Å². The number of hydroxylamine groups is 2. The molecule has 0 amide bonds. The van der Waals surface area contributed by atoms with Crippen LogP contribution in [0.1, 0.15) is 27.7 Å². The highest BCUT2D eigenvalue weighted by atomic mass is 79.9. The summed E-state index contributed by atoms with van der Waals surface area (Å²) < 4.78 is 0. The number of nitrogens with zero attached hydrogens (tertiary/aromatic N) is 1. The molecule has 0 radical (unpaired) electrons. The van der Waals surface area contributed by atoms with E-state index in [-0.39, 0.29) is 17.0 Å². The summed E-state index contributed by atoms with van der Waals surface area (Å²) in [4.78, 5) is 0. The molecule has 3 aromatic rings. The smallest absolute Gasteiger partial charge is 0.116 e. The molecule has 0 fully saturated rings. The molecule has 1 aliphatic rings. The van der Waals surface area contributed by atoms with Crippen LogP contribution in [0.3, 0.4) is 0 Å². The summed E-state index contributed by atoms with van der Waals surface area (Å²) >= 11 is 0. The van der Waals surface area contributed by atoms with Crippen LogP contribution in [0, 0.1) is 0 Å². The Labute approximate surface area is 197 Å². The lowest BCUT2D eigenvalue weighted by molar-refractivity contribution is -0.185. The number of hydrogen-bond donors (Lipinski definition) is 1. The molecule has 0 atom stereocenters. The van der Waals surface area contributed by atoms with Crippen molar-refractivity contribution in [3.05, 3.63) is 103 Å². The van der Waals surface area contributed by atoms with E-state index in [2.05, 4.69) is 125 Å². The molecule has 31 heavy (non-hydrogen) atoms. The Bertz CT molecular complexity index is 936. The highest BCUT2D eigenvalue weighted by Crippen LogP contribution is 2.59. The van der Waals surface area contributed by atoms with Gasteiger partial charge in [-0.2, -0.15) is 5.06 Å². The zero-order chi connectivity index (χ0) is 21.4. The first kappa shape index (κ1) is 23.9. The third kappa shape index (κ3) is 4.17. The summed E-state index contributed by atoms with van der Waals surface area (Å²) in [6, 6.07) is 32.8. The predicted molar refractivity (Wildman–Crippen MR) is 130 cm³/mol. The van der Waals surface area contributed by atoms with Crippen molar-refractivity contribution in [3.8, 4) is 0 Å². The van der Waals surface area contributed by atoms with Gasteiger partial charge in [-0.05, 0) is 69.7 Å². The molecule has 1 aliphatic heterocycles. The molecule has 4 heteroatoms. The average Bonchev–Trinajstić information content (AvgIpc) is 2.92. The van der Waals surface area contributed by atoms with Crippen LogP contribution in [-0.2, 0) is 0 Å². The standard InChI is InChI=1S/C27H31NOP.BrH/c1-26(2)20-22(27(3,4)28(26)29)21-30(23-14-8-5-9-15-23,24-16-10-6-11-17-24)25-18-12-7-13-19-25;/h5-20,29H,21H2,1-4H3;1H/q+1;/p-1. The second-order valence-corrected chi connectivity index (χ2v) is 12.7. The first-order valence-electron chi connectivity index (χ1n) is 10.5. The third-order valence-corrected chi connectivity index (χ3v) is 10.7. The van der Waals surface area contributed by atoms with E-state index in [1.54, 1.807) is 0 Å². The zero-order valence-electron chi connectivity index (χ0n) is 18.7. The Morgan fingerprint density at radius 3 is 1.32 bits per heavy atom. The topological polar surface area (TPSA) is 23.5 Å². The fraction of sp³-hybridized carbons (Fsp3) is 0.259. The van der Waals surface area contributed by atoms with Gasteiger partial charge < -0.3 is 22.2 Å². The number of rotatable bonds is 5. The summed E-state index contributed by atoms with van der Waals surface area (Å²) in [5.74, 6) is 0. The van der Waals surface area contributed by atoms with Crippen LogP contribution in [0.25, 0.3) is 0 Å². The largest absolute Gasteiger partial charge is 1.00 e. The minimum absolute atomic E-state index is 0. The molecular formula is C27H31BrNOP. The van der Waals surface area contributed by atoms with Crippen LogP contribution < -0.4 is 32.9 Å². The van der Waals surface area contributed by atoms with Gasteiger partial charge in [0.15, 0.2) is 0 Å². The second-order valence-electron chi connectivity index (χ2n) is 9.17. The SMILES string of the molecule is CC1(C)C=C(C[P+](c2ccccc2)(c2ccccc2)c2ccccc2)C(C)(C)N1O.[Br-]. The molecule has 0 saturated carbocycles. The van der Waals surface area contributed by atoms with Crippen molar-refractivity contribution in [2.45, 2.75) is 38.8 Å². The summed E-state index contributed by atoms with van der Waals surface area (Å²) in [5, 5.41) is 16.6. The summed E-state index contributed by atoms with van der Waals surface area (Å²) in [6.07, 6.45) is 3.18. The van der Waals surface area contributed by atoms with Crippen molar-refractivity contribution >= 4 is 23.2 Å². The molecule has 0 saturated heterocycles. The normalized spacial score (nSPS) is 17.6. The number of benzene rings is 3. The molecule has 1 heterocycles. The van der Waals surface area contributed by atoms with E-state index in [4.69, 9.17) is 0 Å². The Hall–Kier alpha value is -1.77. The van der Waals surface area contributed by atoms with Gasteiger partial charge in [0.25, 0.3) is 0 Å². The van der Waals surface area contributed by atoms with Crippen LogP contribution in [0.2, 0.25) is 0 Å². The predicted octanol–water partition coefficient (Wildman–Crippen LogP) is 2.17. The van der Waals surface area contributed by atoms with Crippen LogP contribution in [0.4, 0.5) is 0 Å². The molecule has 0 unspecified atom stereocenters. The van der Waals surface area contributed by atoms with Gasteiger partial charge in [0, 0.05) is 0 Å². The number of hydrogen-bond acceptors (Lipinski definition) is 2. The molecule has 0 bridgehead atoms. The lowest BCUT2D eigenvalue weighted by Gasteiger charge is -2.37. The first-order valence-corrected chi connectivity index (χ1v) is 12.5. The van der Waals surface area contributed by atoms with E-state index in [1.165, 1.54) is 26.5 Å². The van der Waals surface area contributed by atoms with Gasteiger partial charge in [-0.3, -0.25) is 0 Å². The number of halogens is 1. The fourth-order valence-corrected chi connectivity index (χ4v) is 9.26. The highest BCUT2D eigenvalue weighted by Gasteiger charge is 2.53. The molecule has 3 aromatic carbocycles. The molecule has 0 aliphatic carbocycles. The zero-order valence-corrected chi connectivity index (χ0v) is 21.1. The van der Waals surface area contributed by atoms with Crippen molar-refractivity contribution < 1.29 is 22.2 Å². The van der Waals surface area contributed by atoms with Crippen molar-refractivity contribution in [1.82, 2.24) is 5.06 Å². The van der Waals surface area contributed by atoms with Gasteiger partial charge >= 0.3 is 0 Å². The minimum atomic E-state index is -1.97. The van der Waals surface area contributed by atoms with E-state index in [0.29, 0.717) is 0 Å². The highest BCUT2D eigenvalue weighted by molar-refractivity contribution is 7.95. The van der Waals surface area contributed by atoms with Crippen molar-refractivity contribution in [2.75, 3.05) is 6.16 Å². The molecule has 4 rings (SSSR count). The van der Waals surface area contributed by atoms with E-state index in [9.17, 15) is 5.21 Å². The van der Waals surface area contributed by atoms with Crippen LogP contribution >= 0.6 is 7.26 Å².